The Morgan fingerprint density at radius 3 is 2.92 bits per heavy atom. The SMILES string of the molecule is COC[C@H]1CN(c2coc3cc(C=CCCC(F)(F)F)ccc23)C(=O)O1. The average Bonchev–Trinajstić information content (AvgIpc) is 3.14. The normalized spacial score (nSPS) is 18.2. The van der Waals surface area contributed by atoms with E-state index in [0.29, 0.717) is 24.4 Å². The lowest BCUT2D eigenvalue weighted by Crippen LogP contribution is -2.25. The van der Waals surface area contributed by atoms with Crippen LogP contribution in [0.3, 0.4) is 0 Å². The minimum absolute atomic E-state index is 0.0779. The monoisotopic (exact) mass is 369 g/mol. The van der Waals surface area contributed by atoms with Crippen molar-refractivity contribution in [2.45, 2.75) is 25.1 Å². The van der Waals surface area contributed by atoms with E-state index in [1.165, 1.54) is 24.3 Å². The first kappa shape index (κ1) is 18.3. The second-order valence-electron chi connectivity index (χ2n) is 6.00. The van der Waals surface area contributed by atoms with E-state index in [-0.39, 0.29) is 12.5 Å². The first-order chi connectivity index (χ1) is 12.4. The Labute approximate surface area is 148 Å². The van der Waals surface area contributed by atoms with Crippen molar-refractivity contribution in [1.29, 1.82) is 0 Å². The molecule has 0 radical (unpaired) electrons. The molecule has 1 aromatic heterocycles. The third kappa shape index (κ3) is 4.19. The molecule has 5 nitrogen and oxygen atoms in total. The maximum Gasteiger partial charge on any atom is 0.414 e. The molecule has 0 unspecified atom stereocenters. The molecular formula is C18H18F3NO4. The number of anilines is 1. The summed E-state index contributed by atoms with van der Waals surface area (Å²) in [5, 5.41) is 0.729. The first-order valence-corrected chi connectivity index (χ1v) is 8.09. The number of hydrogen-bond donors (Lipinski definition) is 0. The van der Waals surface area contributed by atoms with Crippen molar-refractivity contribution >= 4 is 28.8 Å². The van der Waals surface area contributed by atoms with Gasteiger partial charge in [0.1, 0.15) is 18.0 Å². The van der Waals surface area contributed by atoms with Gasteiger partial charge in [0.05, 0.1) is 18.8 Å². The number of methoxy groups -OCH3 is 1. The van der Waals surface area contributed by atoms with E-state index in [0.717, 1.165) is 10.9 Å². The molecule has 2 aromatic rings. The fourth-order valence-electron chi connectivity index (χ4n) is 2.80. The summed E-state index contributed by atoms with van der Waals surface area (Å²) in [6.45, 7) is 0.672. The first-order valence-electron chi connectivity index (χ1n) is 8.09. The Morgan fingerprint density at radius 1 is 1.38 bits per heavy atom. The number of halogens is 3. The summed E-state index contributed by atoms with van der Waals surface area (Å²) in [5.41, 5.74) is 1.86. The predicted molar refractivity (Wildman–Crippen MR) is 90.0 cm³/mol. The fourth-order valence-corrected chi connectivity index (χ4v) is 2.80. The molecule has 0 saturated carbocycles. The zero-order chi connectivity index (χ0) is 18.7. The highest BCUT2D eigenvalue weighted by atomic mass is 19.4. The maximum atomic E-state index is 12.1. The van der Waals surface area contributed by atoms with E-state index in [4.69, 9.17) is 13.9 Å². The van der Waals surface area contributed by atoms with Gasteiger partial charge < -0.3 is 13.9 Å². The summed E-state index contributed by atoms with van der Waals surface area (Å²) in [7, 11) is 1.54. The number of carbonyl (C=O) groups is 1. The maximum absolute atomic E-state index is 12.1. The van der Waals surface area contributed by atoms with Crippen molar-refractivity contribution in [3.63, 3.8) is 0 Å². The van der Waals surface area contributed by atoms with Crippen molar-refractivity contribution in [2.24, 2.45) is 0 Å². The Kier molecular flexibility index (Phi) is 5.22. The highest BCUT2D eigenvalue weighted by molar-refractivity contribution is 6.01. The van der Waals surface area contributed by atoms with E-state index < -0.39 is 18.7 Å². The number of hydrogen-bond acceptors (Lipinski definition) is 4. The van der Waals surface area contributed by atoms with Crippen LogP contribution < -0.4 is 4.90 Å². The molecule has 140 valence electrons. The number of carbonyl (C=O) groups excluding carboxylic acids is 1. The summed E-state index contributed by atoms with van der Waals surface area (Å²) >= 11 is 0. The standard InChI is InChI=1S/C18H18F3NO4/c1-24-10-13-9-22(17(23)26-13)15-11-25-16-8-12(5-6-14(15)16)4-2-3-7-18(19,20)21/h2,4-6,8,11,13H,3,7,9-10H2,1H3/t13-/m1/s1. The second kappa shape index (κ2) is 7.41. The number of ether oxygens (including phenoxy) is 2. The number of alkyl halides is 3. The van der Waals surface area contributed by atoms with E-state index in [1.807, 2.05) is 0 Å². The quantitative estimate of drug-likeness (QED) is 0.737. The molecule has 26 heavy (non-hydrogen) atoms. The van der Waals surface area contributed by atoms with Crippen LogP contribution in [0.1, 0.15) is 18.4 Å². The number of fused-ring (bicyclic) bond motifs is 1. The number of rotatable bonds is 6. The van der Waals surface area contributed by atoms with Gasteiger partial charge in [-0.15, -0.1) is 0 Å². The van der Waals surface area contributed by atoms with Gasteiger partial charge in [-0.05, 0) is 24.1 Å². The van der Waals surface area contributed by atoms with Crippen molar-refractivity contribution in [1.82, 2.24) is 0 Å². The van der Waals surface area contributed by atoms with Crippen LogP contribution in [0.4, 0.5) is 23.7 Å². The summed E-state index contributed by atoms with van der Waals surface area (Å²) < 4.78 is 52.2. The highest BCUT2D eigenvalue weighted by Crippen LogP contribution is 2.33. The van der Waals surface area contributed by atoms with Gasteiger partial charge in [0.2, 0.25) is 0 Å². The lowest BCUT2D eigenvalue weighted by molar-refractivity contribution is -0.133. The molecular weight excluding hydrogens is 351 g/mol. The summed E-state index contributed by atoms with van der Waals surface area (Å²) in [4.78, 5) is 13.5. The van der Waals surface area contributed by atoms with Gasteiger partial charge in [-0.2, -0.15) is 13.2 Å². The van der Waals surface area contributed by atoms with Crippen LogP contribution in [0.15, 0.2) is 35.0 Å². The van der Waals surface area contributed by atoms with Gasteiger partial charge in [-0.25, -0.2) is 4.79 Å². The number of nitrogens with zero attached hydrogens (tertiary/aromatic N) is 1. The number of allylic oxidation sites excluding steroid dienone is 1. The zero-order valence-corrected chi connectivity index (χ0v) is 14.1. The smallest absolute Gasteiger partial charge is 0.414 e. The van der Waals surface area contributed by atoms with Gasteiger partial charge in [0, 0.05) is 18.9 Å². The highest BCUT2D eigenvalue weighted by Gasteiger charge is 2.34. The van der Waals surface area contributed by atoms with E-state index >= 15 is 0 Å². The Bertz CT molecular complexity index is 812. The predicted octanol–water partition coefficient (Wildman–Crippen LogP) is 4.76. The summed E-state index contributed by atoms with van der Waals surface area (Å²) in [6.07, 6.45) is -1.33. The lowest BCUT2D eigenvalue weighted by atomic mass is 10.1. The zero-order valence-electron chi connectivity index (χ0n) is 14.1. The number of furan rings is 1. The van der Waals surface area contributed by atoms with Crippen LogP contribution >= 0.6 is 0 Å². The summed E-state index contributed by atoms with van der Waals surface area (Å²) in [5.74, 6) is 0. The Balaban J connectivity index is 1.73. The molecule has 1 saturated heterocycles. The molecule has 0 aliphatic carbocycles. The van der Waals surface area contributed by atoms with Crippen molar-refractivity contribution < 1.29 is 31.9 Å². The molecule has 1 aliphatic heterocycles. The summed E-state index contributed by atoms with van der Waals surface area (Å²) in [6, 6.07) is 5.25. The van der Waals surface area contributed by atoms with Crippen LogP contribution in [0, 0.1) is 0 Å². The molecule has 8 heteroatoms. The Hall–Kier alpha value is -2.48. The molecule has 1 aromatic carbocycles. The van der Waals surface area contributed by atoms with Gasteiger partial charge in [0.15, 0.2) is 0 Å². The van der Waals surface area contributed by atoms with Crippen LogP contribution in [0.5, 0.6) is 0 Å². The number of cyclic esters (lactones) is 1. The molecule has 0 N–H and O–H groups in total. The van der Waals surface area contributed by atoms with Crippen molar-refractivity contribution in [2.75, 3.05) is 25.2 Å². The Morgan fingerprint density at radius 2 is 2.19 bits per heavy atom. The minimum atomic E-state index is -4.16. The van der Waals surface area contributed by atoms with Crippen LogP contribution in [0.2, 0.25) is 0 Å². The molecule has 0 spiro atoms. The fraction of sp³-hybridized carbons (Fsp3) is 0.389. The van der Waals surface area contributed by atoms with Gasteiger partial charge in [-0.3, -0.25) is 4.90 Å². The third-order valence-corrected chi connectivity index (χ3v) is 4.00. The van der Waals surface area contributed by atoms with Crippen molar-refractivity contribution in [3.8, 4) is 0 Å². The third-order valence-electron chi connectivity index (χ3n) is 4.00. The average molecular weight is 369 g/mol. The van der Waals surface area contributed by atoms with E-state index in [2.05, 4.69) is 0 Å². The minimum Gasteiger partial charge on any atom is -0.462 e. The van der Waals surface area contributed by atoms with E-state index in [9.17, 15) is 18.0 Å². The van der Waals surface area contributed by atoms with E-state index in [1.54, 1.807) is 24.3 Å². The van der Waals surface area contributed by atoms with Crippen molar-refractivity contribution in [3.05, 3.63) is 36.1 Å². The number of amides is 1. The van der Waals surface area contributed by atoms with Crippen LogP contribution in [-0.2, 0) is 9.47 Å². The van der Waals surface area contributed by atoms with Gasteiger partial charge in [-0.1, -0.05) is 18.2 Å². The molecule has 3 rings (SSSR count). The molecule has 0 bridgehead atoms. The van der Waals surface area contributed by atoms with Gasteiger partial charge in [0.25, 0.3) is 0 Å². The molecule has 1 atom stereocenters. The lowest BCUT2D eigenvalue weighted by Gasteiger charge is -2.10. The molecule has 2 heterocycles. The number of benzene rings is 1. The topological polar surface area (TPSA) is 51.9 Å². The van der Waals surface area contributed by atoms with Crippen LogP contribution in [0.25, 0.3) is 17.0 Å². The van der Waals surface area contributed by atoms with Crippen LogP contribution in [-0.4, -0.2) is 38.6 Å². The van der Waals surface area contributed by atoms with Gasteiger partial charge >= 0.3 is 12.3 Å². The largest absolute Gasteiger partial charge is 0.462 e. The molecule has 1 amide bonds. The molecule has 1 fully saturated rings. The molecule has 1 aliphatic rings. The second-order valence-corrected chi connectivity index (χ2v) is 6.00.